The number of ether oxygens (including phenoxy) is 1. The maximum atomic E-state index is 5.18. The van der Waals surface area contributed by atoms with Crippen molar-refractivity contribution in [2.75, 3.05) is 0 Å². The second kappa shape index (κ2) is 0.305. The first-order valence-electron chi connectivity index (χ1n) is 2.55. The van der Waals surface area contributed by atoms with Crippen LogP contribution in [0.4, 0.5) is 0 Å². The highest BCUT2D eigenvalue weighted by Gasteiger charge is 3.00. The number of fused-ring (bicyclic) bond motifs is 1. The second-order valence-electron chi connectivity index (χ2n) is 2.71. The SMILES string of the molecule is CC1C2C3OC132. The lowest BCUT2D eigenvalue weighted by atomic mass is 10.2. The highest BCUT2D eigenvalue weighted by atomic mass is 16.7. The Morgan fingerprint density at radius 2 is 2.33 bits per heavy atom. The van der Waals surface area contributed by atoms with Gasteiger partial charge in [0.05, 0.1) is 6.10 Å². The predicted octanol–water partition coefficient (Wildman–Crippen LogP) is 0.403. The van der Waals surface area contributed by atoms with Crippen molar-refractivity contribution in [3.8, 4) is 0 Å². The molecule has 6 heavy (non-hydrogen) atoms. The molecule has 0 aromatic rings. The topological polar surface area (TPSA) is 12.5 Å². The molecule has 4 atom stereocenters. The molecule has 3 rings (SSSR count). The molecule has 0 bridgehead atoms. The zero-order chi connectivity index (χ0) is 3.94. The van der Waals surface area contributed by atoms with Gasteiger partial charge in [0.15, 0.2) is 0 Å². The third-order valence-corrected chi connectivity index (χ3v) is 2.60. The van der Waals surface area contributed by atoms with Crippen molar-refractivity contribution < 1.29 is 4.74 Å². The smallest absolute Gasteiger partial charge is 0.104 e. The van der Waals surface area contributed by atoms with Gasteiger partial charge in [-0.1, -0.05) is 6.92 Å². The zero-order valence-electron chi connectivity index (χ0n) is 3.64. The van der Waals surface area contributed by atoms with Crippen LogP contribution in [0.15, 0.2) is 0 Å². The van der Waals surface area contributed by atoms with Gasteiger partial charge < -0.3 is 4.74 Å². The zero-order valence-corrected chi connectivity index (χ0v) is 3.64. The first-order chi connectivity index (χ1) is 2.87. The molecule has 0 amide bonds. The molecule has 1 spiro atoms. The van der Waals surface area contributed by atoms with Gasteiger partial charge >= 0.3 is 0 Å². The summed E-state index contributed by atoms with van der Waals surface area (Å²) in [5.41, 5.74) is 0.542. The van der Waals surface area contributed by atoms with Crippen LogP contribution in [0.5, 0.6) is 0 Å². The molecule has 0 aromatic heterocycles. The number of hydrogen-bond donors (Lipinski definition) is 0. The van der Waals surface area contributed by atoms with E-state index in [1.165, 1.54) is 0 Å². The summed E-state index contributed by atoms with van der Waals surface area (Å²) in [6.07, 6.45) is 0.771. The lowest BCUT2D eigenvalue weighted by Crippen LogP contribution is -1.84. The van der Waals surface area contributed by atoms with Gasteiger partial charge in [-0.2, -0.15) is 0 Å². The number of epoxide rings is 1. The Balaban J connectivity index is 2.19. The fourth-order valence-corrected chi connectivity index (χ4v) is 1.74. The Morgan fingerprint density at radius 3 is 2.33 bits per heavy atom. The lowest BCUT2D eigenvalue weighted by Gasteiger charge is -1.76. The van der Waals surface area contributed by atoms with Crippen LogP contribution in [-0.4, -0.2) is 11.7 Å². The molecule has 32 valence electrons. The van der Waals surface area contributed by atoms with Gasteiger partial charge in [-0.05, 0) is 5.92 Å². The van der Waals surface area contributed by atoms with Crippen molar-refractivity contribution in [2.24, 2.45) is 11.8 Å². The van der Waals surface area contributed by atoms with Crippen molar-refractivity contribution in [1.29, 1.82) is 0 Å². The Kier molecular flexibility index (Phi) is 0.118. The summed E-state index contributed by atoms with van der Waals surface area (Å²) in [5.74, 6) is 1.99. The predicted molar refractivity (Wildman–Crippen MR) is 20.3 cm³/mol. The molecule has 4 unspecified atom stereocenters. The summed E-state index contributed by atoms with van der Waals surface area (Å²) in [4.78, 5) is 0. The van der Waals surface area contributed by atoms with Crippen molar-refractivity contribution >= 4 is 0 Å². The van der Waals surface area contributed by atoms with Crippen LogP contribution < -0.4 is 0 Å². The Labute approximate surface area is 36.3 Å². The van der Waals surface area contributed by atoms with Gasteiger partial charge in [-0.15, -0.1) is 0 Å². The summed E-state index contributed by atoms with van der Waals surface area (Å²) in [7, 11) is 0. The second-order valence-corrected chi connectivity index (χ2v) is 2.71. The molecule has 1 aliphatic heterocycles. The van der Waals surface area contributed by atoms with Crippen LogP contribution >= 0.6 is 0 Å². The van der Waals surface area contributed by atoms with Crippen LogP contribution in [0.25, 0.3) is 0 Å². The van der Waals surface area contributed by atoms with Crippen LogP contribution in [-0.2, 0) is 4.74 Å². The van der Waals surface area contributed by atoms with E-state index in [-0.39, 0.29) is 0 Å². The lowest BCUT2D eigenvalue weighted by molar-refractivity contribution is 0.288. The van der Waals surface area contributed by atoms with E-state index in [1.54, 1.807) is 0 Å². The maximum absolute atomic E-state index is 5.18. The molecule has 1 saturated heterocycles. The summed E-state index contributed by atoms with van der Waals surface area (Å²) < 4.78 is 5.18. The minimum absolute atomic E-state index is 0.542. The number of rotatable bonds is 0. The molecular weight excluding hydrogens is 76.1 g/mol. The molecule has 0 N–H and O–H groups in total. The van der Waals surface area contributed by atoms with Gasteiger partial charge in [0.1, 0.15) is 5.60 Å². The largest absolute Gasteiger partial charge is 0.365 e. The van der Waals surface area contributed by atoms with E-state index >= 15 is 0 Å². The molecule has 2 aliphatic carbocycles. The molecule has 2 saturated carbocycles. The first-order valence-corrected chi connectivity index (χ1v) is 2.55. The van der Waals surface area contributed by atoms with E-state index in [0.717, 1.165) is 17.9 Å². The van der Waals surface area contributed by atoms with Gasteiger partial charge in [-0.25, -0.2) is 0 Å². The van der Waals surface area contributed by atoms with Crippen molar-refractivity contribution in [3.63, 3.8) is 0 Å². The fraction of sp³-hybridized carbons (Fsp3) is 1.00. The quantitative estimate of drug-likeness (QED) is 0.385. The van der Waals surface area contributed by atoms with E-state index in [9.17, 15) is 0 Å². The normalized spacial score (nSPS) is 90.5. The molecule has 1 heterocycles. The van der Waals surface area contributed by atoms with Crippen molar-refractivity contribution in [1.82, 2.24) is 0 Å². The molecule has 3 fully saturated rings. The fourth-order valence-electron chi connectivity index (χ4n) is 1.74. The van der Waals surface area contributed by atoms with Crippen LogP contribution in [0.2, 0.25) is 0 Å². The third kappa shape index (κ3) is 0.0557. The molecule has 3 aliphatic rings. The average molecular weight is 82.1 g/mol. The molecule has 1 nitrogen and oxygen atoms in total. The average Bonchev–Trinajstić information content (AvgIpc) is 2.13. The van der Waals surface area contributed by atoms with Gasteiger partial charge in [-0.3, -0.25) is 0 Å². The maximum Gasteiger partial charge on any atom is 0.104 e. The van der Waals surface area contributed by atoms with Gasteiger partial charge in [0.25, 0.3) is 0 Å². The molecule has 0 radical (unpaired) electrons. The summed E-state index contributed by atoms with van der Waals surface area (Å²) in [5, 5.41) is 0. The van der Waals surface area contributed by atoms with E-state index in [4.69, 9.17) is 4.74 Å². The Morgan fingerprint density at radius 1 is 1.67 bits per heavy atom. The highest BCUT2D eigenvalue weighted by molar-refractivity contribution is 5.47. The third-order valence-electron chi connectivity index (χ3n) is 2.60. The summed E-state index contributed by atoms with van der Waals surface area (Å²) >= 11 is 0. The number of hydrogen-bond acceptors (Lipinski definition) is 1. The van der Waals surface area contributed by atoms with Crippen LogP contribution in [0.1, 0.15) is 6.92 Å². The van der Waals surface area contributed by atoms with E-state index < -0.39 is 0 Å². The monoisotopic (exact) mass is 82.0 g/mol. The van der Waals surface area contributed by atoms with Gasteiger partial charge in [0.2, 0.25) is 0 Å². The Hall–Kier alpha value is -0.0400. The summed E-state index contributed by atoms with van der Waals surface area (Å²) in [6.45, 7) is 2.27. The molecule has 1 heteroatoms. The van der Waals surface area contributed by atoms with Crippen molar-refractivity contribution in [2.45, 2.75) is 18.6 Å². The minimum Gasteiger partial charge on any atom is -0.365 e. The highest BCUT2D eigenvalue weighted by Crippen LogP contribution is 2.88. The van der Waals surface area contributed by atoms with E-state index in [2.05, 4.69) is 6.92 Å². The minimum atomic E-state index is 0.542. The van der Waals surface area contributed by atoms with Crippen LogP contribution in [0.3, 0.4) is 0 Å². The summed E-state index contributed by atoms with van der Waals surface area (Å²) in [6, 6.07) is 0. The Bertz CT molecular complexity index is 126. The standard InChI is InChI=1S/C5H6O/c1-2-3-4-5(2,3)6-4/h2-4H,1H3. The first kappa shape index (κ1) is 2.31. The van der Waals surface area contributed by atoms with E-state index in [1.807, 2.05) is 0 Å². The molecular formula is C5H6O. The van der Waals surface area contributed by atoms with Crippen molar-refractivity contribution in [3.05, 3.63) is 0 Å². The van der Waals surface area contributed by atoms with E-state index in [0.29, 0.717) is 5.60 Å². The van der Waals surface area contributed by atoms with Gasteiger partial charge in [0, 0.05) is 5.92 Å². The van der Waals surface area contributed by atoms with Crippen LogP contribution in [0, 0.1) is 11.8 Å². The molecule has 0 aromatic carbocycles.